The molecule has 94 valence electrons. The minimum Gasteiger partial charge on any atom is -0.477 e. The fourth-order valence-corrected chi connectivity index (χ4v) is 3.71. The number of thioether (sulfide) groups is 1. The number of carbonyl (C=O) groups is 2. The number of nitrogens with zero attached hydrogens (tertiary/aromatic N) is 1. The molecule has 6 nitrogen and oxygen atoms in total. The van der Waals surface area contributed by atoms with Gasteiger partial charge in [0.2, 0.25) is 5.91 Å². The van der Waals surface area contributed by atoms with E-state index in [2.05, 4.69) is 0 Å². The highest BCUT2D eigenvalue weighted by atomic mass is 32.2. The molecule has 2 aliphatic rings. The zero-order valence-corrected chi connectivity index (χ0v) is 10.3. The average Bonchev–Trinajstić information content (AvgIpc) is 2.52. The molecule has 0 unspecified atom stereocenters. The smallest absolute Gasteiger partial charge is 0.353 e. The molecule has 0 bridgehead atoms. The predicted octanol–water partition coefficient (Wildman–Crippen LogP) is -0.458. The first-order valence-electron chi connectivity index (χ1n) is 5.27. The lowest BCUT2D eigenvalue weighted by Crippen LogP contribution is -2.60. The van der Waals surface area contributed by atoms with Gasteiger partial charge in [0.1, 0.15) is 11.1 Å². The summed E-state index contributed by atoms with van der Waals surface area (Å²) in [6, 6.07) is -0.431. The van der Waals surface area contributed by atoms with Gasteiger partial charge >= 0.3 is 5.97 Å². The lowest BCUT2D eigenvalue weighted by Gasteiger charge is -2.43. The molecule has 0 aromatic carbocycles. The molecule has 1 fully saturated rings. The zero-order chi connectivity index (χ0) is 12.9. The van der Waals surface area contributed by atoms with Gasteiger partial charge in [0.25, 0.3) is 0 Å². The topological polar surface area (TPSA) is 104 Å². The van der Waals surface area contributed by atoms with Crippen LogP contribution < -0.4 is 5.73 Å². The van der Waals surface area contributed by atoms with Crippen LogP contribution in [-0.2, 0) is 9.59 Å². The van der Waals surface area contributed by atoms with Crippen LogP contribution in [0.2, 0.25) is 0 Å². The first-order valence-corrected chi connectivity index (χ1v) is 6.15. The van der Waals surface area contributed by atoms with E-state index >= 15 is 0 Å². The number of hydrogen-bond donors (Lipinski definition) is 3. The van der Waals surface area contributed by atoms with Crippen LogP contribution in [0.5, 0.6) is 0 Å². The number of carboxylic acid groups (broad SMARTS) is 1. The van der Waals surface area contributed by atoms with Crippen LogP contribution in [-0.4, -0.2) is 44.5 Å². The number of carboxylic acids is 1. The Labute approximate surface area is 102 Å². The molecule has 0 aliphatic carbocycles. The van der Waals surface area contributed by atoms with Gasteiger partial charge < -0.3 is 15.9 Å². The Bertz CT molecular complexity index is 419. The van der Waals surface area contributed by atoms with Gasteiger partial charge in [-0.15, -0.1) is 0 Å². The molecular weight excluding hydrogens is 244 g/mol. The quantitative estimate of drug-likeness (QED) is 0.592. The molecule has 1 saturated heterocycles. The van der Waals surface area contributed by atoms with Crippen LogP contribution in [0.1, 0.15) is 13.8 Å². The molecule has 2 rings (SSSR count). The molecule has 0 radical (unpaired) electrons. The number of rotatable bonds is 3. The van der Waals surface area contributed by atoms with E-state index in [9.17, 15) is 14.7 Å². The van der Waals surface area contributed by atoms with Gasteiger partial charge in [-0.2, -0.15) is 0 Å². The lowest BCUT2D eigenvalue weighted by molar-refractivity contribution is -0.156. The van der Waals surface area contributed by atoms with Crippen molar-refractivity contribution in [2.24, 2.45) is 11.7 Å². The van der Waals surface area contributed by atoms with Crippen LogP contribution in [0.3, 0.4) is 0 Å². The Morgan fingerprint density at radius 3 is 2.53 bits per heavy atom. The Balaban J connectivity index is 2.33. The average molecular weight is 258 g/mol. The monoisotopic (exact) mass is 258 g/mol. The van der Waals surface area contributed by atoms with Crippen molar-refractivity contribution in [1.29, 1.82) is 0 Å². The number of aliphatic hydroxyl groups excluding tert-OH is 1. The molecular formula is C10H14N2O4S. The highest BCUT2D eigenvalue weighted by Crippen LogP contribution is 2.50. The summed E-state index contributed by atoms with van der Waals surface area (Å²) >= 11 is 1.26. The summed E-state index contributed by atoms with van der Waals surface area (Å²) in [5, 5.41) is 18.3. The van der Waals surface area contributed by atoms with Gasteiger partial charge in [0.15, 0.2) is 0 Å². The second kappa shape index (κ2) is 4.01. The van der Waals surface area contributed by atoms with Gasteiger partial charge in [-0.3, -0.25) is 9.69 Å². The van der Waals surface area contributed by atoms with E-state index in [-0.39, 0.29) is 17.0 Å². The molecule has 1 amide bonds. The standard InChI is InChI=1S/C10H14N2O4S/c1-3(11)7-6(10(15)16)12-8(14)5(4(2)13)9(12)17-7/h3-5,9,13H,11H2,1-2H3,(H,15,16)/t3-,4-,5+,9-/m1/s1. The molecule has 2 heterocycles. The fourth-order valence-electron chi connectivity index (χ4n) is 2.13. The second-order valence-electron chi connectivity index (χ2n) is 4.29. The molecule has 0 spiro atoms. The molecule has 0 saturated carbocycles. The van der Waals surface area contributed by atoms with Crippen LogP contribution in [0.25, 0.3) is 0 Å². The van der Waals surface area contributed by atoms with E-state index in [4.69, 9.17) is 10.8 Å². The maximum absolute atomic E-state index is 11.8. The number of β-lactam (4-membered cyclic amide) rings is 1. The number of aliphatic carboxylic acids is 1. The maximum atomic E-state index is 11.8. The summed E-state index contributed by atoms with van der Waals surface area (Å²) < 4.78 is 0. The van der Waals surface area contributed by atoms with Gasteiger partial charge in [-0.1, -0.05) is 11.8 Å². The van der Waals surface area contributed by atoms with Crippen LogP contribution in [0.4, 0.5) is 0 Å². The highest BCUT2D eigenvalue weighted by Gasteiger charge is 2.57. The van der Waals surface area contributed by atoms with Crippen molar-refractivity contribution < 1.29 is 19.8 Å². The first-order chi connectivity index (χ1) is 7.86. The summed E-state index contributed by atoms with van der Waals surface area (Å²) in [5.41, 5.74) is 5.67. The normalized spacial score (nSPS) is 31.1. The molecule has 4 N–H and O–H groups in total. The maximum Gasteiger partial charge on any atom is 0.353 e. The SMILES string of the molecule is C[C@@H](N)C1=C(C(=O)O)N2C(=O)[C@H]([C@@H](C)O)[C@H]2S1. The third-order valence-corrected chi connectivity index (χ3v) is 4.51. The van der Waals surface area contributed by atoms with Crippen molar-refractivity contribution in [2.45, 2.75) is 31.4 Å². The number of nitrogens with two attached hydrogens (primary N) is 1. The molecule has 7 heteroatoms. The van der Waals surface area contributed by atoms with Crippen LogP contribution in [0.15, 0.2) is 10.6 Å². The van der Waals surface area contributed by atoms with E-state index in [1.165, 1.54) is 23.6 Å². The number of fused-ring (bicyclic) bond motifs is 1. The van der Waals surface area contributed by atoms with E-state index in [1.54, 1.807) is 6.92 Å². The third kappa shape index (κ3) is 1.65. The molecule has 2 aliphatic heterocycles. The van der Waals surface area contributed by atoms with Gasteiger partial charge in [-0.05, 0) is 13.8 Å². The number of aliphatic hydroxyl groups is 1. The number of amides is 1. The van der Waals surface area contributed by atoms with E-state index in [0.29, 0.717) is 4.91 Å². The van der Waals surface area contributed by atoms with Gasteiger partial charge in [-0.25, -0.2) is 4.79 Å². The van der Waals surface area contributed by atoms with E-state index in [0.717, 1.165) is 0 Å². The summed E-state index contributed by atoms with van der Waals surface area (Å²) in [5.74, 6) is -2.03. The van der Waals surface area contributed by atoms with Crippen molar-refractivity contribution in [3.8, 4) is 0 Å². The fraction of sp³-hybridized carbons (Fsp3) is 0.600. The Kier molecular flexibility index (Phi) is 2.92. The Morgan fingerprint density at radius 1 is 1.53 bits per heavy atom. The summed E-state index contributed by atoms with van der Waals surface area (Å²) in [6.07, 6.45) is -0.779. The largest absolute Gasteiger partial charge is 0.477 e. The van der Waals surface area contributed by atoms with Crippen molar-refractivity contribution in [2.75, 3.05) is 0 Å². The first kappa shape index (κ1) is 12.4. The minimum absolute atomic E-state index is 0.0306. The summed E-state index contributed by atoms with van der Waals surface area (Å²) in [6.45, 7) is 3.21. The van der Waals surface area contributed by atoms with Crippen molar-refractivity contribution >= 4 is 23.6 Å². The Morgan fingerprint density at radius 2 is 2.12 bits per heavy atom. The third-order valence-electron chi connectivity index (χ3n) is 2.94. The Hall–Kier alpha value is -1.05. The lowest BCUT2D eigenvalue weighted by atomic mass is 9.92. The molecule has 0 aromatic rings. The van der Waals surface area contributed by atoms with Crippen molar-refractivity contribution in [3.63, 3.8) is 0 Å². The summed E-state index contributed by atoms with van der Waals surface area (Å²) in [4.78, 5) is 24.7. The summed E-state index contributed by atoms with van der Waals surface area (Å²) in [7, 11) is 0. The number of hydrogen-bond acceptors (Lipinski definition) is 5. The van der Waals surface area contributed by atoms with Gasteiger partial charge in [0.05, 0.1) is 12.0 Å². The van der Waals surface area contributed by atoms with Crippen LogP contribution >= 0.6 is 11.8 Å². The van der Waals surface area contributed by atoms with Crippen LogP contribution in [0, 0.1) is 5.92 Å². The van der Waals surface area contributed by atoms with E-state index < -0.39 is 24.0 Å². The molecule has 4 atom stereocenters. The minimum atomic E-state index is -1.15. The highest BCUT2D eigenvalue weighted by molar-refractivity contribution is 8.04. The van der Waals surface area contributed by atoms with E-state index in [1.807, 2.05) is 0 Å². The van der Waals surface area contributed by atoms with Crippen molar-refractivity contribution in [3.05, 3.63) is 10.6 Å². The zero-order valence-electron chi connectivity index (χ0n) is 9.45. The second-order valence-corrected chi connectivity index (χ2v) is 5.45. The molecule has 0 aromatic heterocycles. The predicted molar refractivity (Wildman–Crippen MR) is 61.7 cm³/mol. The van der Waals surface area contributed by atoms with Gasteiger partial charge in [0, 0.05) is 10.9 Å². The number of carbonyl (C=O) groups excluding carboxylic acids is 1. The molecule has 17 heavy (non-hydrogen) atoms. The van der Waals surface area contributed by atoms with Crippen molar-refractivity contribution in [1.82, 2.24) is 4.90 Å².